The molecule has 1 unspecified atom stereocenters. The minimum Gasteiger partial charge on any atom is -0.349 e. The van der Waals surface area contributed by atoms with Gasteiger partial charge in [-0.15, -0.1) is 11.8 Å². The van der Waals surface area contributed by atoms with Crippen molar-refractivity contribution in [2.24, 2.45) is 0 Å². The van der Waals surface area contributed by atoms with Gasteiger partial charge in [0.15, 0.2) is 0 Å². The summed E-state index contributed by atoms with van der Waals surface area (Å²) < 4.78 is 2.38. The predicted octanol–water partition coefficient (Wildman–Crippen LogP) is 3.97. The van der Waals surface area contributed by atoms with E-state index in [1.54, 1.807) is 11.8 Å². The Kier molecular flexibility index (Phi) is 3.16. The Hall–Kier alpha value is -2.40. The standard InChI is InChI=1S/C20H19N3OS/c1-21-16-6-4-3-5-15(16)20(24)23-10-9-22-17-12-14(25-2)8-7-13(17)11-18(22)19(21)23/h3-8,11-12,19H,9-10H2,1-2H3. The zero-order valence-electron chi connectivity index (χ0n) is 14.3. The topological polar surface area (TPSA) is 28.5 Å². The van der Waals surface area contributed by atoms with Gasteiger partial charge >= 0.3 is 0 Å². The normalized spacial score (nSPS) is 19.0. The molecule has 126 valence electrons. The molecular formula is C20H19N3OS. The van der Waals surface area contributed by atoms with Gasteiger partial charge in [0.05, 0.1) is 16.9 Å². The van der Waals surface area contributed by atoms with Gasteiger partial charge in [0.1, 0.15) is 6.17 Å². The highest BCUT2D eigenvalue weighted by Gasteiger charge is 2.40. The smallest absolute Gasteiger partial charge is 0.257 e. The van der Waals surface area contributed by atoms with Gasteiger partial charge in [0.2, 0.25) is 0 Å². The number of carbonyl (C=O) groups excluding carboxylic acids is 1. The Morgan fingerprint density at radius 3 is 2.76 bits per heavy atom. The minimum absolute atomic E-state index is 0.0405. The molecule has 0 saturated heterocycles. The van der Waals surface area contributed by atoms with Crippen molar-refractivity contribution in [3.05, 3.63) is 59.8 Å². The van der Waals surface area contributed by atoms with Gasteiger partial charge in [-0.05, 0) is 36.6 Å². The van der Waals surface area contributed by atoms with Crippen molar-refractivity contribution in [2.45, 2.75) is 17.6 Å². The summed E-state index contributed by atoms with van der Waals surface area (Å²) >= 11 is 1.76. The lowest BCUT2D eigenvalue weighted by atomic mass is 10.0. The predicted molar refractivity (Wildman–Crippen MR) is 102 cm³/mol. The number of hydrogen-bond donors (Lipinski definition) is 0. The summed E-state index contributed by atoms with van der Waals surface area (Å²) in [7, 11) is 2.09. The van der Waals surface area contributed by atoms with Crippen LogP contribution in [0, 0.1) is 0 Å². The largest absolute Gasteiger partial charge is 0.349 e. The molecule has 0 radical (unpaired) electrons. The molecule has 0 bridgehead atoms. The summed E-state index contributed by atoms with van der Waals surface area (Å²) in [6, 6.07) is 16.8. The Labute approximate surface area is 151 Å². The molecule has 1 amide bonds. The first kappa shape index (κ1) is 14.9. The van der Waals surface area contributed by atoms with E-state index in [9.17, 15) is 4.79 Å². The van der Waals surface area contributed by atoms with E-state index < -0.39 is 0 Å². The molecule has 5 heteroatoms. The molecule has 2 aromatic carbocycles. The molecule has 0 aliphatic carbocycles. The van der Waals surface area contributed by atoms with Crippen molar-refractivity contribution in [1.82, 2.24) is 9.47 Å². The van der Waals surface area contributed by atoms with Crippen LogP contribution in [-0.2, 0) is 6.54 Å². The molecule has 2 aliphatic heterocycles. The molecular weight excluding hydrogens is 330 g/mol. The average molecular weight is 349 g/mol. The van der Waals surface area contributed by atoms with E-state index in [2.05, 4.69) is 47.0 Å². The highest BCUT2D eigenvalue weighted by Crippen LogP contribution is 2.41. The van der Waals surface area contributed by atoms with Crippen molar-refractivity contribution >= 4 is 34.3 Å². The van der Waals surface area contributed by atoms with Gasteiger partial charge in [0.25, 0.3) is 5.91 Å². The molecule has 25 heavy (non-hydrogen) atoms. The molecule has 2 aliphatic rings. The first-order valence-electron chi connectivity index (χ1n) is 8.49. The van der Waals surface area contributed by atoms with Crippen LogP contribution in [0.3, 0.4) is 0 Å². The number of thioether (sulfide) groups is 1. The lowest BCUT2D eigenvalue weighted by molar-refractivity contribution is 0.0602. The quantitative estimate of drug-likeness (QED) is 0.623. The van der Waals surface area contributed by atoms with Gasteiger partial charge in [-0.2, -0.15) is 0 Å². The van der Waals surface area contributed by atoms with Crippen molar-refractivity contribution in [3.8, 4) is 0 Å². The fourth-order valence-electron chi connectivity index (χ4n) is 4.20. The summed E-state index contributed by atoms with van der Waals surface area (Å²) in [5.41, 5.74) is 4.28. The number of anilines is 1. The van der Waals surface area contributed by atoms with Gasteiger partial charge in [-0.3, -0.25) is 4.79 Å². The van der Waals surface area contributed by atoms with Gasteiger partial charge in [-0.1, -0.05) is 18.2 Å². The number of aromatic nitrogens is 1. The summed E-state index contributed by atoms with van der Waals surface area (Å²) in [6.45, 7) is 1.58. The van der Waals surface area contributed by atoms with E-state index in [0.717, 1.165) is 24.3 Å². The Morgan fingerprint density at radius 2 is 1.92 bits per heavy atom. The Bertz CT molecular complexity index is 1010. The number of fused-ring (bicyclic) bond motifs is 6. The van der Waals surface area contributed by atoms with E-state index in [-0.39, 0.29) is 12.1 Å². The third kappa shape index (κ3) is 1.99. The molecule has 3 heterocycles. The number of carbonyl (C=O) groups is 1. The maximum absolute atomic E-state index is 13.0. The van der Waals surface area contributed by atoms with Crippen molar-refractivity contribution < 1.29 is 4.79 Å². The van der Waals surface area contributed by atoms with Crippen LogP contribution in [0.1, 0.15) is 22.2 Å². The van der Waals surface area contributed by atoms with Gasteiger partial charge in [0, 0.05) is 35.9 Å². The summed E-state index contributed by atoms with van der Waals surface area (Å²) in [5, 5.41) is 1.24. The monoisotopic (exact) mass is 349 g/mol. The van der Waals surface area contributed by atoms with Crippen molar-refractivity contribution in [1.29, 1.82) is 0 Å². The molecule has 4 nitrogen and oxygen atoms in total. The van der Waals surface area contributed by atoms with Crippen molar-refractivity contribution in [3.63, 3.8) is 0 Å². The van der Waals surface area contributed by atoms with E-state index in [1.807, 2.05) is 29.2 Å². The van der Waals surface area contributed by atoms with E-state index in [4.69, 9.17) is 0 Å². The van der Waals surface area contributed by atoms with Crippen LogP contribution in [0.5, 0.6) is 0 Å². The second-order valence-corrected chi connectivity index (χ2v) is 7.53. The fraction of sp³-hybridized carbons (Fsp3) is 0.250. The second-order valence-electron chi connectivity index (χ2n) is 6.65. The van der Waals surface area contributed by atoms with Crippen LogP contribution >= 0.6 is 11.8 Å². The first-order chi connectivity index (χ1) is 12.2. The molecule has 0 fully saturated rings. The van der Waals surface area contributed by atoms with Gasteiger partial charge < -0.3 is 14.4 Å². The summed E-state index contributed by atoms with van der Waals surface area (Å²) in [6.07, 6.45) is 2.06. The third-order valence-corrected chi connectivity index (χ3v) is 6.14. The lowest BCUT2D eigenvalue weighted by Gasteiger charge is -2.46. The lowest BCUT2D eigenvalue weighted by Crippen LogP contribution is -2.52. The number of nitrogens with zero attached hydrogens (tertiary/aromatic N) is 3. The SMILES string of the molecule is CSc1ccc2cc3n(c2c1)CCN1C(=O)c2ccccc2N(C)C31. The molecule has 5 rings (SSSR count). The van der Waals surface area contributed by atoms with Gasteiger partial charge in [-0.25, -0.2) is 0 Å². The molecule has 0 N–H and O–H groups in total. The molecule has 0 spiro atoms. The minimum atomic E-state index is -0.0405. The Morgan fingerprint density at radius 1 is 1.08 bits per heavy atom. The summed E-state index contributed by atoms with van der Waals surface area (Å²) in [5.74, 6) is 0.139. The zero-order valence-corrected chi connectivity index (χ0v) is 15.1. The molecule has 1 atom stereocenters. The second kappa shape index (κ2) is 5.30. The average Bonchev–Trinajstić information content (AvgIpc) is 3.03. The van der Waals surface area contributed by atoms with Crippen LogP contribution in [0.15, 0.2) is 53.4 Å². The first-order valence-corrected chi connectivity index (χ1v) is 9.71. The third-order valence-electron chi connectivity index (χ3n) is 5.41. The summed E-state index contributed by atoms with van der Waals surface area (Å²) in [4.78, 5) is 18.5. The maximum Gasteiger partial charge on any atom is 0.257 e. The van der Waals surface area contributed by atoms with E-state index >= 15 is 0 Å². The number of hydrogen-bond acceptors (Lipinski definition) is 3. The zero-order chi connectivity index (χ0) is 17.1. The molecule has 3 aromatic rings. The van der Waals surface area contributed by atoms with Crippen LogP contribution in [0.25, 0.3) is 10.9 Å². The van der Waals surface area contributed by atoms with Crippen LogP contribution in [-0.4, -0.2) is 35.2 Å². The molecule has 0 saturated carbocycles. The maximum atomic E-state index is 13.0. The van der Waals surface area contributed by atoms with E-state index in [1.165, 1.54) is 21.5 Å². The van der Waals surface area contributed by atoms with Crippen LogP contribution in [0.2, 0.25) is 0 Å². The number of amides is 1. The Balaban J connectivity index is 1.71. The van der Waals surface area contributed by atoms with Crippen LogP contribution < -0.4 is 4.90 Å². The highest BCUT2D eigenvalue weighted by atomic mass is 32.2. The van der Waals surface area contributed by atoms with E-state index in [0.29, 0.717) is 0 Å². The van der Waals surface area contributed by atoms with Crippen LogP contribution in [0.4, 0.5) is 5.69 Å². The molecule has 1 aromatic heterocycles. The number of rotatable bonds is 1. The van der Waals surface area contributed by atoms with Crippen molar-refractivity contribution in [2.75, 3.05) is 24.7 Å². The number of para-hydroxylation sites is 1. The fourth-order valence-corrected chi connectivity index (χ4v) is 4.64. The number of benzene rings is 2. The highest BCUT2D eigenvalue weighted by molar-refractivity contribution is 7.98.